The van der Waals surface area contributed by atoms with Crippen LogP contribution < -0.4 is 11.1 Å². The summed E-state index contributed by atoms with van der Waals surface area (Å²) in [6.07, 6.45) is 2.09. The zero-order valence-electron chi connectivity index (χ0n) is 13.6. The molecule has 0 aliphatic carbocycles. The van der Waals surface area contributed by atoms with Crippen LogP contribution >= 0.6 is 0 Å². The van der Waals surface area contributed by atoms with Gasteiger partial charge in [0.1, 0.15) is 5.82 Å². The van der Waals surface area contributed by atoms with Gasteiger partial charge in [-0.25, -0.2) is 4.39 Å². The number of halogens is 1. The maximum atomic E-state index is 13.1. The lowest BCUT2D eigenvalue weighted by Crippen LogP contribution is -2.28. The van der Waals surface area contributed by atoms with Crippen LogP contribution in [0.1, 0.15) is 38.3 Å². The van der Waals surface area contributed by atoms with Gasteiger partial charge in [0.05, 0.1) is 0 Å². The molecule has 0 spiro atoms. The Bertz CT molecular complexity index is 618. The van der Waals surface area contributed by atoms with Crippen molar-refractivity contribution in [3.63, 3.8) is 0 Å². The van der Waals surface area contributed by atoms with Gasteiger partial charge in [-0.15, -0.1) is 0 Å². The third-order valence-corrected chi connectivity index (χ3v) is 4.00. The molecule has 0 saturated carbocycles. The molecule has 2 aromatic carbocycles. The van der Waals surface area contributed by atoms with E-state index in [0.717, 1.165) is 36.3 Å². The molecule has 2 rings (SSSR count). The van der Waals surface area contributed by atoms with E-state index in [9.17, 15) is 4.39 Å². The fourth-order valence-electron chi connectivity index (χ4n) is 2.58. The molecule has 0 fully saturated rings. The molecule has 0 radical (unpaired) electrons. The van der Waals surface area contributed by atoms with Gasteiger partial charge in [0.15, 0.2) is 0 Å². The average molecular weight is 300 g/mol. The molecule has 0 unspecified atom stereocenters. The molecule has 0 heterocycles. The minimum Gasteiger partial charge on any atom is -0.399 e. The molecule has 0 amide bonds. The Morgan fingerprint density at radius 2 is 1.77 bits per heavy atom. The lowest BCUT2D eigenvalue weighted by atomic mass is 9.84. The van der Waals surface area contributed by atoms with Crippen molar-refractivity contribution in [3.8, 4) is 0 Å². The first kappa shape index (κ1) is 16.3. The van der Waals surface area contributed by atoms with Crippen molar-refractivity contribution in [2.24, 2.45) is 0 Å². The van der Waals surface area contributed by atoms with Gasteiger partial charge >= 0.3 is 0 Å². The van der Waals surface area contributed by atoms with Crippen molar-refractivity contribution < 1.29 is 4.39 Å². The van der Waals surface area contributed by atoms with Gasteiger partial charge in [0.25, 0.3) is 0 Å². The number of benzene rings is 2. The Balaban J connectivity index is 2.13. The average Bonchev–Trinajstić information content (AvgIpc) is 2.47. The van der Waals surface area contributed by atoms with Crippen LogP contribution in [0.25, 0.3) is 0 Å². The van der Waals surface area contributed by atoms with Crippen LogP contribution in [0.5, 0.6) is 0 Å². The summed E-state index contributed by atoms with van der Waals surface area (Å²) < 4.78 is 13.1. The second-order valence-electron chi connectivity index (χ2n) is 6.41. The fraction of sp³-hybridized carbons (Fsp3) is 0.368. The molecule has 0 saturated heterocycles. The van der Waals surface area contributed by atoms with Crippen LogP contribution in [0.4, 0.5) is 15.8 Å². The second kappa shape index (κ2) is 6.82. The highest BCUT2D eigenvalue weighted by Crippen LogP contribution is 2.26. The molecule has 118 valence electrons. The Hall–Kier alpha value is -2.03. The molecule has 0 aliphatic heterocycles. The van der Waals surface area contributed by atoms with Crippen LogP contribution in [-0.4, -0.2) is 6.54 Å². The second-order valence-corrected chi connectivity index (χ2v) is 6.41. The van der Waals surface area contributed by atoms with Crippen molar-refractivity contribution in [1.29, 1.82) is 0 Å². The number of nitrogens with one attached hydrogen (secondary N) is 1. The molecule has 2 aromatic rings. The van der Waals surface area contributed by atoms with Crippen LogP contribution in [0.3, 0.4) is 0 Å². The van der Waals surface area contributed by atoms with Gasteiger partial charge in [-0.2, -0.15) is 0 Å². The SMILES string of the molecule is CCCc1cc(N)ccc1NCC(C)(C)c1ccc(F)cc1. The van der Waals surface area contributed by atoms with E-state index in [4.69, 9.17) is 5.73 Å². The summed E-state index contributed by atoms with van der Waals surface area (Å²) in [7, 11) is 0. The molecule has 22 heavy (non-hydrogen) atoms. The maximum absolute atomic E-state index is 13.1. The third kappa shape index (κ3) is 4.00. The van der Waals surface area contributed by atoms with Crippen LogP contribution in [0.2, 0.25) is 0 Å². The highest BCUT2D eigenvalue weighted by molar-refractivity contribution is 5.58. The van der Waals surface area contributed by atoms with E-state index >= 15 is 0 Å². The molecule has 3 N–H and O–H groups in total. The molecule has 0 aromatic heterocycles. The normalized spacial score (nSPS) is 11.5. The first-order valence-corrected chi connectivity index (χ1v) is 7.80. The summed E-state index contributed by atoms with van der Waals surface area (Å²) in [4.78, 5) is 0. The minimum atomic E-state index is -0.198. The standard InChI is InChI=1S/C19H25FN2/c1-4-5-14-12-17(21)10-11-18(14)22-13-19(2,3)15-6-8-16(20)9-7-15/h6-12,22H,4-5,13,21H2,1-3H3. The molecular weight excluding hydrogens is 275 g/mol. The summed E-state index contributed by atoms with van der Waals surface area (Å²) >= 11 is 0. The summed E-state index contributed by atoms with van der Waals surface area (Å²) in [5, 5.41) is 3.53. The number of nitrogen functional groups attached to an aromatic ring is 1. The summed E-state index contributed by atoms with van der Waals surface area (Å²) in [5.41, 5.74) is 10.1. The van der Waals surface area contributed by atoms with Gasteiger partial charge < -0.3 is 11.1 Å². The van der Waals surface area contributed by atoms with Gasteiger partial charge in [0, 0.05) is 23.3 Å². The van der Waals surface area contributed by atoms with E-state index in [1.165, 1.54) is 17.7 Å². The predicted octanol–water partition coefficient (Wildman–Crippen LogP) is 4.75. The smallest absolute Gasteiger partial charge is 0.123 e. The molecule has 0 bridgehead atoms. The first-order chi connectivity index (χ1) is 10.4. The van der Waals surface area contributed by atoms with Crippen LogP contribution in [-0.2, 0) is 11.8 Å². The van der Waals surface area contributed by atoms with Gasteiger partial charge in [-0.1, -0.05) is 39.3 Å². The number of hydrogen-bond acceptors (Lipinski definition) is 2. The topological polar surface area (TPSA) is 38.0 Å². The molecular formula is C19H25FN2. The van der Waals surface area contributed by atoms with Gasteiger partial charge in [-0.3, -0.25) is 0 Å². The van der Waals surface area contributed by atoms with E-state index < -0.39 is 0 Å². The molecule has 0 aliphatic rings. The van der Waals surface area contributed by atoms with Crippen molar-refractivity contribution >= 4 is 11.4 Å². The Morgan fingerprint density at radius 3 is 2.41 bits per heavy atom. The number of anilines is 2. The van der Waals surface area contributed by atoms with Gasteiger partial charge in [-0.05, 0) is 47.9 Å². The maximum Gasteiger partial charge on any atom is 0.123 e. The van der Waals surface area contributed by atoms with E-state index in [1.54, 1.807) is 0 Å². The van der Waals surface area contributed by atoms with Crippen molar-refractivity contribution in [3.05, 3.63) is 59.4 Å². The number of rotatable bonds is 6. The van der Waals surface area contributed by atoms with Crippen LogP contribution in [0, 0.1) is 5.82 Å². The Kier molecular flexibility index (Phi) is 5.07. The minimum absolute atomic E-state index is 0.0848. The quantitative estimate of drug-likeness (QED) is 0.755. The van der Waals surface area contributed by atoms with Crippen molar-refractivity contribution in [2.75, 3.05) is 17.6 Å². The summed E-state index contributed by atoms with van der Waals surface area (Å²) in [5.74, 6) is -0.198. The van der Waals surface area contributed by atoms with Gasteiger partial charge in [0.2, 0.25) is 0 Å². The summed E-state index contributed by atoms with van der Waals surface area (Å²) in [6.45, 7) is 7.25. The third-order valence-electron chi connectivity index (χ3n) is 4.00. The highest BCUT2D eigenvalue weighted by atomic mass is 19.1. The van der Waals surface area contributed by atoms with E-state index in [2.05, 4.69) is 26.1 Å². The number of hydrogen-bond donors (Lipinski definition) is 2. The highest BCUT2D eigenvalue weighted by Gasteiger charge is 2.20. The fourth-order valence-corrected chi connectivity index (χ4v) is 2.58. The monoisotopic (exact) mass is 300 g/mol. The molecule has 2 nitrogen and oxygen atoms in total. The zero-order chi connectivity index (χ0) is 16.2. The predicted molar refractivity (Wildman–Crippen MR) is 92.8 cm³/mol. The van der Waals surface area contributed by atoms with E-state index in [1.807, 2.05) is 30.3 Å². The largest absolute Gasteiger partial charge is 0.399 e. The lowest BCUT2D eigenvalue weighted by Gasteiger charge is -2.27. The van der Waals surface area contributed by atoms with Crippen molar-refractivity contribution in [2.45, 2.75) is 39.0 Å². The van der Waals surface area contributed by atoms with Crippen molar-refractivity contribution in [1.82, 2.24) is 0 Å². The van der Waals surface area contributed by atoms with E-state index in [-0.39, 0.29) is 11.2 Å². The van der Waals surface area contributed by atoms with Crippen LogP contribution in [0.15, 0.2) is 42.5 Å². The summed E-state index contributed by atoms with van der Waals surface area (Å²) in [6, 6.07) is 12.7. The number of nitrogens with two attached hydrogens (primary N) is 1. The Labute approximate surface area is 132 Å². The Morgan fingerprint density at radius 1 is 1.09 bits per heavy atom. The lowest BCUT2D eigenvalue weighted by molar-refractivity contribution is 0.553. The zero-order valence-corrected chi connectivity index (χ0v) is 13.6. The molecule has 0 atom stereocenters. The first-order valence-electron chi connectivity index (χ1n) is 7.80. The number of aryl methyl sites for hydroxylation is 1. The van der Waals surface area contributed by atoms with E-state index in [0.29, 0.717) is 0 Å². The molecule has 3 heteroatoms.